The Morgan fingerprint density at radius 3 is 2.31 bits per heavy atom. The Labute approximate surface area is 155 Å². The summed E-state index contributed by atoms with van der Waals surface area (Å²) in [6.07, 6.45) is 1.99. The van der Waals surface area contributed by atoms with Crippen molar-refractivity contribution >= 4 is 32.4 Å². The first-order chi connectivity index (χ1) is 12.2. The molecule has 0 N–H and O–H groups in total. The van der Waals surface area contributed by atoms with Gasteiger partial charge in [0.05, 0.1) is 5.52 Å². The molecule has 26 heavy (non-hydrogen) atoms. The van der Waals surface area contributed by atoms with E-state index in [1.165, 1.54) is 49.2 Å². The van der Waals surface area contributed by atoms with E-state index in [9.17, 15) is 0 Å². The molecular formula is C25H25N. The van der Waals surface area contributed by atoms with E-state index in [1.807, 2.05) is 6.20 Å². The fourth-order valence-electron chi connectivity index (χ4n) is 4.72. The number of nitrogens with zero attached hydrogens (tertiary/aromatic N) is 1. The molecule has 0 spiro atoms. The molecule has 0 aliphatic heterocycles. The molecule has 0 atom stereocenters. The largest absolute Gasteiger partial charge is 0.256 e. The van der Waals surface area contributed by atoms with Gasteiger partial charge in [-0.2, -0.15) is 0 Å². The molecule has 1 nitrogen and oxygen atoms in total. The molecular weight excluding hydrogens is 314 g/mol. The van der Waals surface area contributed by atoms with Crippen molar-refractivity contribution < 1.29 is 0 Å². The van der Waals surface area contributed by atoms with Crippen LogP contribution in [-0.4, -0.2) is 4.98 Å². The highest BCUT2D eigenvalue weighted by atomic mass is 14.7. The first kappa shape index (κ1) is 15.8. The third kappa shape index (κ3) is 1.84. The molecule has 0 radical (unpaired) electrons. The zero-order valence-corrected chi connectivity index (χ0v) is 16.5. The predicted octanol–water partition coefficient (Wildman–Crippen LogP) is 6.79. The second-order valence-electron chi connectivity index (χ2n) is 9.45. The molecule has 5 rings (SSSR count). The van der Waals surface area contributed by atoms with Crippen LogP contribution in [-0.2, 0) is 10.8 Å². The van der Waals surface area contributed by atoms with Crippen LogP contribution in [0.15, 0.2) is 42.6 Å². The maximum Gasteiger partial charge on any atom is 0.0789 e. The van der Waals surface area contributed by atoms with Crippen LogP contribution < -0.4 is 0 Å². The van der Waals surface area contributed by atoms with Crippen LogP contribution in [0.2, 0.25) is 0 Å². The number of rotatable bonds is 0. The molecule has 0 saturated carbocycles. The number of aryl methyl sites for hydroxylation is 1. The lowest BCUT2D eigenvalue weighted by atomic mass is 9.78. The van der Waals surface area contributed by atoms with E-state index in [0.717, 1.165) is 5.52 Å². The van der Waals surface area contributed by atoms with E-state index in [2.05, 4.69) is 77.9 Å². The van der Waals surface area contributed by atoms with Crippen molar-refractivity contribution in [3.05, 3.63) is 64.8 Å². The van der Waals surface area contributed by atoms with Crippen LogP contribution in [0.4, 0.5) is 0 Å². The second-order valence-corrected chi connectivity index (χ2v) is 9.45. The van der Waals surface area contributed by atoms with E-state index in [1.54, 1.807) is 0 Å². The lowest BCUT2D eigenvalue weighted by molar-refractivity contribution is 0.586. The van der Waals surface area contributed by atoms with Gasteiger partial charge in [0.2, 0.25) is 0 Å². The summed E-state index contributed by atoms with van der Waals surface area (Å²) in [4.78, 5) is 4.82. The smallest absolute Gasteiger partial charge is 0.0789 e. The third-order valence-corrected chi connectivity index (χ3v) is 6.27. The van der Waals surface area contributed by atoms with Crippen molar-refractivity contribution in [3.8, 4) is 0 Å². The van der Waals surface area contributed by atoms with E-state index < -0.39 is 0 Å². The number of benzene rings is 3. The van der Waals surface area contributed by atoms with Crippen molar-refractivity contribution in [1.82, 2.24) is 4.98 Å². The minimum absolute atomic E-state index is 0.00938. The fourth-order valence-corrected chi connectivity index (χ4v) is 4.72. The number of fused-ring (bicyclic) bond motifs is 3. The Morgan fingerprint density at radius 2 is 1.58 bits per heavy atom. The molecule has 0 amide bonds. The van der Waals surface area contributed by atoms with Gasteiger partial charge in [-0.3, -0.25) is 4.98 Å². The van der Waals surface area contributed by atoms with Crippen LogP contribution in [0.3, 0.4) is 0 Å². The fraction of sp³-hybridized carbons (Fsp3) is 0.320. The van der Waals surface area contributed by atoms with Crippen LogP contribution >= 0.6 is 0 Å². The maximum atomic E-state index is 4.82. The van der Waals surface area contributed by atoms with Gasteiger partial charge in [0.15, 0.2) is 0 Å². The van der Waals surface area contributed by atoms with Gasteiger partial charge in [-0.15, -0.1) is 0 Å². The van der Waals surface area contributed by atoms with Crippen LogP contribution in [0, 0.1) is 6.92 Å². The van der Waals surface area contributed by atoms with Gasteiger partial charge in [-0.25, -0.2) is 0 Å². The highest BCUT2D eigenvalue weighted by molar-refractivity contribution is 6.28. The molecule has 130 valence electrons. The molecule has 1 heterocycles. The summed E-state index contributed by atoms with van der Waals surface area (Å²) in [7, 11) is 0. The molecule has 1 aromatic heterocycles. The van der Waals surface area contributed by atoms with Gasteiger partial charge in [0.25, 0.3) is 0 Å². The van der Waals surface area contributed by atoms with Crippen molar-refractivity contribution in [2.75, 3.05) is 0 Å². The minimum Gasteiger partial charge on any atom is -0.256 e. The van der Waals surface area contributed by atoms with E-state index in [0.29, 0.717) is 0 Å². The molecule has 1 heteroatoms. The first-order valence-electron chi connectivity index (χ1n) is 9.50. The van der Waals surface area contributed by atoms with Crippen molar-refractivity contribution in [2.24, 2.45) is 0 Å². The summed E-state index contributed by atoms with van der Waals surface area (Å²) in [5.41, 5.74) is 6.87. The molecule has 0 unspecified atom stereocenters. The molecule has 0 fully saturated rings. The summed E-state index contributed by atoms with van der Waals surface area (Å²) in [6.45, 7) is 13.8. The summed E-state index contributed by atoms with van der Waals surface area (Å²) < 4.78 is 0. The van der Waals surface area contributed by atoms with E-state index in [-0.39, 0.29) is 10.8 Å². The lowest BCUT2D eigenvalue weighted by Crippen LogP contribution is -2.18. The van der Waals surface area contributed by atoms with Gasteiger partial charge in [0, 0.05) is 22.4 Å². The predicted molar refractivity (Wildman–Crippen MR) is 112 cm³/mol. The average Bonchev–Trinajstić information content (AvgIpc) is 2.81. The summed E-state index contributed by atoms with van der Waals surface area (Å²) >= 11 is 0. The SMILES string of the molecule is Cc1ccc2c(c1)c1cc(C(C)(C)C)cc3c1c1c(ccnc21)C3(C)C. The molecule has 3 aromatic carbocycles. The Bertz CT molecular complexity index is 1240. The summed E-state index contributed by atoms with van der Waals surface area (Å²) in [6, 6.07) is 13.9. The van der Waals surface area contributed by atoms with Crippen LogP contribution in [0.25, 0.3) is 32.4 Å². The quantitative estimate of drug-likeness (QED) is 0.321. The van der Waals surface area contributed by atoms with Gasteiger partial charge in [-0.05, 0) is 57.3 Å². The third-order valence-electron chi connectivity index (χ3n) is 6.27. The number of aromatic nitrogens is 1. The Balaban J connectivity index is 2.15. The normalized spacial score (nSPS) is 15.6. The standard InChI is InChI=1S/C25H25N/c1-14-7-8-16-17(11-14)18-12-15(24(2,3)4)13-20-21(18)22-19(25(20,5)6)9-10-26-23(16)22/h7-13H,1-6H3. The first-order valence-corrected chi connectivity index (χ1v) is 9.50. The Morgan fingerprint density at radius 1 is 0.808 bits per heavy atom. The highest BCUT2D eigenvalue weighted by Gasteiger charge is 2.36. The zero-order valence-electron chi connectivity index (χ0n) is 16.5. The van der Waals surface area contributed by atoms with Crippen molar-refractivity contribution in [3.63, 3.8) is 0 Å². The van der Waals surface area contributed by atoms with Crippen molar-refractivity contribution in [2.45, 2.75) is 52.4 Å². The minimum atomic E-state index is 0.00938. The van der Waals surface area contributed by atoms with Gasteiger partial charge < -0.3 is 0 Å². The number of hydrogen-bond acceptors (Lipinski definition) is 1. The molecule has 1 aliphatic rings. The lowest BCUT2D eigenvalue weighted by Gasteiger charge is -2.26. The van der Waals surface area contributed by atoms with Gasteiger partial charge >= 0.3 is 0 Å². The number of hydrogen-bond donors (Lipinski definition) is 0. The maximum absolute atomic E-state index is 4.82. The van der Waals surface area contributed by atoms with E-state index >= 15 is 0 Å². The Hall–Kier alpha value is -2.41. The molecule has 0 bridgehead atoms. The highest BCUT2D eigenvalue weighted by Crippen LogP contribution is 2.51. The summed E-state index contributed by atoms with van der Waals surface area (Å²) in [5.74, 6) is 0. The van der Waals surface area contributed by atoms with Crippen molar-refractivity contribution in [1.29, 1.82) is 0 Å². The average molecular weight is 339 g/mol. The summed E-state index contributed by atoms with van der Waals surface area (Å²) in [5, 5.41) is 6.77. The molecule has 0 saturated heterocycles. The monoisotopic (exact) mass is 339 g/mol. The number of pyridine rings is 1. The second kappa shape index (κ2) is 4.65. The molecule has 1 aliphatic carbocycles. The van der Waals surface area contributed by atoms with Gasteiger partial charge in [0.1, 0.15) is 0 Å². The van der Waals surface area contributed by atoms with E-state index in [4.69, 9.17) is 4.98 Å². The zero-order chi connectivity index (χ0) is 18.4. The topological polar surface area (TPSA) is 12.9 Å². The molecule has 4 aromatic rings. The Kier molecular flexibility index (Phi) is 2.83. The van der Waals surface area contributed by atoms with Gasteiger partial charge in [-0.1, -0.05) is 64.4 Å². The van der Waals surface area contributed by atoms with Crippen LogP contribution in [0.5, 0.6) is 0 Å². The van der Waals surface area contributed by atoms with Crippen LogP contribution in [0.1, 0.15) is 56.9 Å².